The lowest BCUT2D eigenvalue weighted by Crippen LogP contribution is -2.42. The summed E-state index contributed by atoms with van der Waals surface area (Å²) in [5, 5.41) is 12.4. The molecule has 1 saturated carbocycles. The molecule has 3 nitrogen and oxygen atoms in total. The van der Waals surface area contributed by atoms with Crippen molar-refractivity contribution in [1.29, 1.82) is 5.26 Å². The molecule has 2 unspecified atom stereocenters. The molecule has 1 aliphatic carbocycles. The quantitative estimate of drug-likeness (QED) is 0.727. The molecule has 0 spiro atoms. The highest BCUT2D eigenvalue weighted by Gasteiger charge is 2.28. The number of nitrogens with one attached hydrogen (secondary N) is 1. The second kappa shape index (κ2) is 4.29. The third-order valence-corrected chi connectivity index (χ3v) is 3.28. The maximum absolute atomic E-state index is 9.01. The summed E-state index contributed by atoms with van der Waals surface area (Å²) in [4.78, 5) is 2.43. The highest BCUT2D eigenvalue weighted by molar-refractivity contribution is 4.98. The first-order valence-corrected chi connectivity index (χ1v) is 5.69. The minimum Gasteiger partial charge on any atom is -0.298 e. The number of nitriles is 1. The van der Waals surface area contributed by atoms with Gasteiger partial charge >= 0.3 is 0 Å². The number of hydrogen-bond donors (Lipinski definition) is 1. The van der Waals surface area contributed by atoms with Crippen molar-refractivity contribution in [2.45, 2.75) is 50.7 Å². The summed E-state index contributed by atoms with van der Waals surface area (Å²) in [7, 11) is 0. The molecular weight excluding hydrogens is 174 g/mol. The number of rotatable bonds is 4. The monoisotopic (exact) mass is 193 g/mol. The summed E-state index contributed by atoms with van der Waals surface area (Å²) in [6.07, 6.45) is 5.10. The third kappa shape index (κ3) is 2.46. The van der Waals surface area contributed by atoms with Crippen LogP contribution in [0.2, 0.25) is 0 Å². The van der Waals surface area contributed by atoms with Crippen LogP contribution in [0.5, 0.6) is 0 Å². The SMILES string of the molecule is CC1CCCN1CC(C#N)NC1CC1. The van der Waals surface area contributed by atoms with Crippen molar-refractivity contribution >= 4 is 0 Å². The first-order chi connectivity index (χ1) is 6.79. The Morgan fingerprint density at radius 3 is 2.79 bits per heavy atom. The van der Waals surface area contributed by atoms with E-state index in [1.807, 2.05) is 0 Å². The van der Waals surface area contributed by atoms with Crippen molar-refractivity contribution in [3.05, 3.63) is 0 Å². The zero-order valence-corrected chi connectivity index (χ0v) is 8.87. The van der Waals surface area contributed by atoms with E-state index in [2.05, 4.69) is 23.2 Å². The first kappa shape index (κ1) is 9.95. The van der Waals surface area contributed by atoms with Gasteiger partial charge in [0.2, 0.25) is 0 Å². The fourth-order valence-corrected chi connectivity index (χ4v) is 2.16. The number of nitrogens with zero attached hydrogens (tertiary/aromatic N) is 2. The molecule has 0 aromatic carbocycles. The molecule has 0 aromatic heterocycles. The van der Waals surface area contributed by atoms with E-state index in [0.717, 1.165) is 6.54 Å². The van der Waals surface area contributed by atoms with Gasteiger partial charge in [0.15, 0.2) is 0 Å². The summed E-state index contributed by atoms with van der Waals surface area (Å²) in [6, 6.07) is 3.72. The molecule has 1 heterocycles. The molecule has 2 rings (SSSR count). The smallest absolute Gasteiger partial charge is 0.108 e. The van der Waals surface area contributed by atoms with Gasteiger partial charge in [-0.15, -0.1) is 0 Å². The Morgan fingerprint density at radius 2 is 2.29 bits per heavy atom. The molecule has 0 aromatic rings. The van der Waals surface area contributed by atoms with Gasteiger partial charge in [0, 0.05) is 18.6 Å². The lowest BCUT2D eigenvalue weighted by atomic mass is 10.2. The molecule has 1 aliphatic heterocycles. The van der Waals surface area contributed by atoms with Crippen LogP contribution >= 0.6 is 0 Å². The van der Waals surface area contributed by atoms with E-state index in [1.165, 1.54) is 32.2 Å². The van der Waals surface area contributed by atoms with Crippen molar-refractivity contribution in [2.75, 3.05) is 13.1 Å². The highest BCUT2D eigenvalue weighted by Crippen LogP contribution is 2.21. The molecular formula is C11H19N3. The van der Waals surface area contributed by atoms with Gasteiger partial charge in [-0.2, -0.15) is 5.26 Å². The van der Waals surface area contributed by atoms with Gasteiger partial charge in [0.1, 0.15) is 6.04 Å². The largest absolute Gasteiger partial charge is 0.298 e. The Bertz CT molecular complexity index is 229. The zero-order valence-electron chi connectivity index (χ0n) is 8.87. The highest BCUT2D eigenvalue weighted by atomic mass is 15.2. The maximum atomic E-state index is 9.01. The van der Waals surface area contributed by atoms with Crippen molar-refractivity contribution < 1.29 is 0 Å². The van der Waals surface area contributed by atoms with Crippen LogP contribution in [0.4, 0.5) is 0 Å². The van der Waals surface area contributed by atoms with Crippen LogP contribution < -0.4 is 5.32 Å². The Labute approximate surface area is 86.1 Å². The maximum Gasteiger partial charge on any atom is 0.108 e. The lowest BCUT2D eigenvalue weighted by molar-refractivity contribution is 0.252. The van der Waals surface area contributed by atoms with Crippen LogP contribution in [0.15, 0.2) is 0 Å². The standard InChI is InChI=1S/C11H19N3/c1-9-3-2-6-14(9)8-11(7-12)13-10-4-5-10/h9-11,13H,2-6,8H2,1H3. The molecule has 14 heavy (non-hydrogen) atoms. The Hall–Kier alpha value is -0.590. The van der Waals surface area contributed by atoms with E-state index >= 15 is 0 Å². The molecule has 2 atom stereocenters. The van der Waals surface area contributed by atoms with E-state index < -0.39 is 0 Å². The number of hydrogen-bond acceptors (Lipinski definition) is 3. The summed E-state index contributed by atoms with van der Waals surface area (Å²) in [6.45, 7) is 4.35. The van der Waals surface area contributed by atoms with Gasteiger partial charge in [0.25, 0.3) is 0 Å². The Balaban J connectivity index is 1.78. The Kier molecular flexibility index (Phi) is 3.05. The molecule has 78 valence electrons. The topological polar surface area (TPSA) is 39.1 Å². The fourth-order valence-electron chi connectivity index (χ4n) is 2.16. The van der Waals surface area contributed by atoms with Crippen molar-refractivity contribution in [3.8, 4) is 6.07 Å². The second-order valence-electron chi connectivity index (χ2n) is 4.61. The fraction of sp³-hybridized carbons (Fsp3) is 0.909. The van der Waals surface area contributed by atoms with Crippen LogP contribution in [0.25, 0.3) is 0 Å². The molecule has 2 aliphatic rings. The predicted octanol–water partition coefficient (Wildman–Crippen LogP) is 1.11. The van der Waals surface area contributed by atoms with Crippen LogP contribution in [0, 0.1) is 11.3 Å². The van der Waals surface area contributed by atoms with E-state index in [-0.39, 0.29) is 6.04 Å². The van der Waals surface area contributed by atoms with Gasteiger partial charge in [-0.1, -0.05) is 0 Å². The van der Waals surface area contributed by atoms with Crippen LogP contribution in [-0.4, -0.2) is 36.1 Å². The molecule has 1 saturated heterocycles. The van der Waals surface area contributed by atoms with E-state index in [1.54, 1.807) is 0 Å². The Morgan fingerprint density at radius 1 is 1.50 bits per heavy atom. The van der Waals surface area contributed by atoms with E-state index in [4.69, 9.17) is 5.26 Å². The molecule has 0 radical (unpaired) electrons. The van der Waals surface area contributed by atoms with Gasteiger partial charge in [-0.05, 0) is 39.2 Å². The normalized spacial score (nSPS) is 30.1. The van der Waals surface area contributed by atoms with E-state index in [0.29, 0.717) is 12.1 Å². The van der Waals surface area contributed by atoms with Crippen LogP contribution in [-0.2, 0) is 0 Å². The molecule has 2 fully saturated rings. The van der Waals surface area contributed by atoms with Crippen molar-refractivity contribution in [2.24, 2.45) is 0 Å². The van der Waals surface area contributed by atoms with Crippen LogP contribution in [0.1, 0.15) is 32.6 Å². The molecule has 1 N–H and O–H groups in total. The molecule has 0 bridgehead atoms. The van der Waals surface area contributed by atoms with Gasteiger partial charge in [0.05, 0.1) is 6.07 Å². The van der Waals surface area contributed by atoms with Gasteiger partial charge in [-0.25, -0.2) is 0 Å². The van der Waals surface area contributed by atoms with Gasteiger partial charge in [-0.3, -0.25) is 10.2 Å². The zero-order chi connectivity index (χ0) is 9.97. The summed E-state index contributed by atoms with van der Waals surface area (Å²) in [5.74, 6) is 0. The minimum absolute atomic E-state index is 0.0445. The molecule has 0 amide bonds. The van der Waals surface area contributed by atoms with Crippen LogP contribution in [0.3, 0.4) is 0 Å². The summed E-state index contributed by atoms with van der Waals surface area (Å²) >= 11 is 0. The predicted molar refractivity (Wildman–Crippen MR) is 55.8 cm³/mol. The molecule has 3 heteroatoms. The first-order valence-electron chi connectivity index (χ1n) is 5.69. The average Bonchev–Trinajstić information content (AvgIpc) is 2.90. The third-order valence-electron chi connectivity index (χ3n) is 3.28. The van der Waals surface area contributed by atoms with Gasteiger partial charge < -0.3 is 0 Å². The number of likely N-dealkylation sites (tertiary alicyclic amines) is 1. The van der Waals surface area contributed by atoms with Crippen molar-refractivity contribution in [3.63, 3.8) is 0 Å². The lowest BCUT2D eigenvalue weighted by Gasteiger charge is -2.23. The average molecular weight is 193 g/mol. The van der Waals surface area contributed by atoms with E-state index in [9.17, 15) is 0 Å². The second-order valence-corrected chi connectivity index (χ2v) is 4.61. The summed E-state index contributed by atoms with van der Waals surface area (Å²) < 4.78 is 0. The minimum atomic E-state index is 0.0445. The summed E-state index contributed by atoms with van der Waals surface area (Å²) in [5.41, 5.74) is 0. The van der Waals surface area contributed by atoms with Crippen molar-refractivity contribution in [1.82, 2.24) is 10.2 Å².